The van der Waals surface area contributed by atoms with Crippen LogP contribution in [-0.2, 0) is 25.8 Å². The topological polar surface area (TPSA) is 98.9 Å². The number of nitrogens with two attached hydrogens (primary N) is 1. The van der Waals surface area contributed by atoms with E-state index in [0.29, 0.717) is 0 Å². The second-order valence-corrected chi connectivity index (χ2v) is 3.45. The summed E-state index contributed by atoms with van der Waals surface area (Å²) in [5, 5.41) is 9.06. The minimum atomic E-state index is -0.932. The standard InChI is InChI=1S/C11H13NO5/c1-7(13)16-17-11(15)10(12)6-8-2-4-9(14)5-3-8/h2-5,10,14H,6,12H2,1H3. The van der Waals surface area contributed by atoms with Crippen molar-refractivity contribution in [1.29, 1.82) is 0 Å². The number of carbonyl (C=O) groups excluding carboxylic acids is 2. The molecule has 1 rings (SSSR count). The smallest absolute Gasteiger partial charge is 0.372 e. The maximum atomic E-state index is 11.2. The molecule has 0 aromatic heterocycles. The number of rotatable bonds is 3. The summed E-state index contributed by atoms with van der Waals surface area (Å²) in [6, 6.07) is 5.31. The average molecular weight is 239 g/mol. The van der Waals surface area contributed by atoms with Gasteiger partial charge < -0.3 is 10.8 Å². The second kappa shape index (κ2) is 5.86. The molecule has 0 amide bonds. The number of carbonyl (C=O) groups is 2. The Labute approximate surface area is 97.9 Å². The molecule has 0 radical (unpaired) electrons. The van der Waals surface area contributed by atoms with Crippen molar-refractivity contribution in [3.05, 3.63) is 29.8 Å². The normalized spacial score (nSPS) is 11.6. The Morgan fingerprint density at radius 3 is 2.41 bits per heavy atom. The van der Waals surface area contributed by atoms with Crippen LogP contribution in [0.2, 0.25) is 0 Å². The first-order valence-corrected chi connectivity index (χ1v) is 4.91. The van der Waals surface area contributed by atoms with Crippen molar-refractivity contribution < 1.29 is 24.5 Å². The number of benzene rings is 1. The van der Waals surface area contributed by atoms with E-state index in [2.05, 4.69) is 9.78 Å². The van der Waals surface area contributed by atoms with Crippen LogP contribution in [0.15, 0.2) is 24.3 Å². The summed E-state index contributed by atoms with van der Waals surface area (Å²) in [5.74, 6) is -1.42. The molecule has 0 saturated carbocycles. The average Bonchev–Trinajstić information content (AvgIpc) is 2.28. The van der Waals surface area contributed by atoms with Crippen molar-refractivity contribution in [2.75, 3.05) is 0 Å². The molecule has 0 aliphatic heterocycles. The van der Waals surface area contributed by atoms with Gasteiger partial charge in [-0.3, -0.25) is 0 Å². The van der Waals surface area contributed by atoms with E-state index >= 15 is 0 Å². The van der Waals surface area contributed by atoms with Crippen LogP contribution in [0.25, 0.3) is 0 Å². The van der Waals surface area contributed by atoms with Crippen LogP contribution < -0.4 is 5.73 Å². The summed E-state index contributed by atoms with van der Waals surface area (Å²) < 4.78 is 0. The molecule has 0 aliphatic rings. The van der Waals surface area contributed by atoms with E-state index in [0.717, 1.165) is 12.5 Å². The number of hydrogen-bond donors (Lipinski definition) is 2. The molecule has 1 aromatic rings. The maximum absolute atomic E-state index is 11.2. The van der Waals surface area contributed by atoms with Crippen molar-refractivity contribution in [2.24, 2.45) is 5.73 Å². The molecule has 0 spiro atoms. The van der Waals surface area contributed by atoms with Gasteiger partial charge in [-0.15, -0.1) is 0 Å². The van der Waals surface area contributed by atoms with E-state index in [4.69, 9.17) is 10.8 Å². The van der Waals surface area contributed by atoms with Gasteiger partial charge in [-0.2, -0.15) is 0 Å². The molecule has 0 fully saturated rings. The van der Waals surface area contributed by atoms with Crippen LogP contribution in [-0.4, -0.2) is 23.1 Å². The van der Waals surface area contributed by atoms with E-state index in [1.54, 1.807) is 12.1 Å². The maximum Gasteiger partial charge on any atom is 0.372 e. The Hall–Kier alpha value is -2.08. The van der Waals surface area contributed by atoms with Crippen LogP contribution in [0.1, 0.15) is 12.5 Å². The summed E-state index contributed by atoms with van der Waals surface area (Å²) in [5.41, 5.74) is 6.30. The van der Waals surface area contributed by atoms with Gasteiger partial charge in [0.15, 0.2) is 0 Å². The van der Waals surface area contributed by atoms with Gasteiger partial charge in [-0.05, 0) is 24.1 Å². The summed E-state index contributed by atoms with van der Waals surface area (Å²) in [6.45, 7) is 1.11. The molecule has 17 heavy (non-hydrogen) atoms. The molecule has 0 heterocycles. The summed E-state index contributed by atoms with van der Waals surface area (Å²) in [7, 11) is 0. The van der Waals surface area contributed by atoms with Gasteiger partial charge in [0.1, 0.15) is 11.8 Å². The minimum Gasteiger partial charge on any atom is -0.508 e. The van der Waals surface area contributed by atoms with Gasteiger partial charge in [0, 0.05) is 6.92 Å². The molecule has 0 saturated heterocycles. The van der Waals surface area contributed by atoms with Gasteiger partial charge in [-0.25, -0.2) is 19.4 Å². The highest BCUT2D eigenvalue weighted by Gasteiger charge is 2.18. The zero-order valence-electron chi connectivity index (χ0n) is 9.25. The fraction of sp³-hybridized carbons (Fsp3) is 0.273. The predicted octanol–water partition coefficient (Wildman–Crippen LogP) is 0.283. The molecule has 1 aromatic carbocycles. The zero-order valence-corrected chi connectivity index (χ0v) is 9.25. The molecular weight excluding hydrogens is 226 g/mol. The lowest BCUT2D eigenvalue weighted by molar-refractivity contribution is -0.258. The Balaban J connectivity index is 2.48. The number of phenols is 1. The van der Waals surface area contributed by atoms with Gasteiger partial charge in [0.25, 0.3) is 0 Å². The first kappa shape index (κ1) is 13.0. The molecule has 6 heteroatoms. The van der Waals surface area contributed by atoms with E-state index in [9.17, 15) is 9.59 Å². The molecule has 3 N–H and O–H groups in total. The fourth-order valence-electron chi connectivity index (χ4n) is 1.13. The van der Waals surface area contributed by atoms with Crippen molar-refractivity contribution in [3.8, 4) is 5.75 Å². The molecule has 92 valence electrons. The van der Waals surface area contributed by atoms with Gasteiger partial charge in [-0.1, -0.05) is 12.1 Å². The van der Waals surface area contributed by atoms with Crippen molar-refractivity contribution >= 4 is 11.9 Å². The third kappa shape index (κ3) is 4.52. The highest BCUT2D eigenvalue weighted by atomic mass is 17.2. The first-order valence-electron chi connectivity index (χ1n) is 4.91. The van der Waals surface area contributed by atoms with Crippen molar-refractivity contribution in [2.45, 2.75) is 19.4 Å². The van der Waals surface area contributed by atoms with Crippen LogP contribution >= 0.6 is 0 Å². The highest BCUT2D eigenvalue weighted by molar-refractivity contribution is 5.76. The fourth-order valence-corrected chi connectivity index (χ4v) is 1.13. The Kier molecular flexibility index (Phi) is 4.47. The van der Waals surface area contributed by atoms with E-state index < -0.39 is 18.0 Å². The third-order valence-electron chi connectivity index (χ3n) is 1.94. The Morgan fingerprint density at radius 2 is 1.88 bits per heavy atom. The number of aromatic hydroxyl groups is 1. The molecule has 1 unspecified atom stereocenters. The SMILES string of the molecule is CC(=O)OOC(=O)C(N)Cc1ccc(O)cc1. The van der Waals surface area contributed by atoms with Crippen molar-refractivity contribution in [3.63, 3.8) is 0 Å². The summed E-state index contributed by atoms with van der Waals surface area (Å²) >= 11 is 0. The molecule has 1 atom stereocenters. The number of phenolic OH excluding ortho intramolecular Hbond substituents is 1. The minimum absolute atomic E-state index is 0.129. The van der Waals surface area contributed by atoms with Gasteiger partial charge >= 0.3 is 11.9 Å². The predicted molar refractivity (Wildman–Crippen MR) is 57.6 cm³/mol. The van der Waals surface area contributed by atoms with Crippen molar-refractivity contribution in [1.82, 2.24) is 0 Å². The van der Waals surface area contributed by atoms with Gasteiger partial charge in [0.2, 0.25) is 0 Å². The molecule has 6 nitrogen and oxygen atoms in total. The lowest BCUT2D eigenvalue weighted by Gasteiger charge is -2.09. The highest BCUT2D eigenvalue weighted by Crippen LogP contribution is 2.11. The monoisotopic (exact) mass is 239 g/mol. The summed E-state index contributed by atoms with van der Waals surface area (Å²) in [4.78, 5) is 29.9. The third-order valence-corrected chi connectivity index (χ3v) is 1.94. The van der Waals surface area contributed by atoms with Gasteiger partial charge in [0.05, 0.1) is 0 Å². The summed E-state index contributed by atoms with van der Waals surface area (Å²) in [6.07, 6.45) is 0.223. The quantitative estimate of drug-likeness (QED) is 0.580. The van der Waals surface area contributed by atoms with Crippen LogP contribution in [0.3, 0.4) is 0 Å². The Morgan fingerprint density at radius 1 is 1.29 bits per heavy atom. The van der Waals surface area contributed by atoms with E-state index in [-0.39, 0.29) is 12.2 Å². The molecule has 0 bridgehead atoms. The lowest BCUT2D eigenvalue weighted by atomic mass is 10.1. The Bertz CT molecular complexity index is 401. The lowest BCUT2D eigenvalue weighted by Crippen LogP contribution is -2.34. The van der Waals surface area contributed by atoms with E-state index in [1.165, 1.54) is 12.1 Å². The van der Waals surface area contributed by atoms with Crippen LogP contribution in [0.5, 0.6) is 5.75 Å². The number of hydrogen-bond acceptors (Lipinski definition) is 6. The van der Waals surface area contributed by atoms with Crippen LogP contribution in [0, 0.1) is 0 Å². The second-order valence-electron chi connectivity index (χ2n) is 3.45. The zero-order chi connectivity index (χ0) is 12.8. The molecule has 0 aliphatic carbocycles. The largest absolute Gasteiger partial charge is 0.508 e. The van der Waals surface area contributed by atoms with E-state index in [1.807, 2.05) is 0 Å². The first-order chi connectivity index (χ1) is 7.99. The van der Waals surface area contributed by atoms with Crippen LogP contribution in [0.4, 0.5) is 0 Å². The molecular formula is C11H13NO5.